The van der Waals surface area contributed by atoms with Crippen molar-refractivity contribution in [2.24, 2.45) is 5.41 Å². The molecule has 3 heteroatoms. The van der Waals surface area contributed by atoms with Crippen molar-refractivity contribution in [3.05, 3.63) is 90.6 Å². The zero-order chi connectivity index (χ0) is 21.3. The Kier molecular flexibility index (Phi) is 5.13. The lowest BCUT2D eigenvalue weighted by atomic mass is 9.90. The highest BCUT2D eigenvalue weighted by molar-refractivity contribution is 6.09. The largest absolute Gasteiger partial charge is 0.398 e. The molecule has 0 fully saturated rings. The van der Waals surface area contributed by atoms with E-state index in [1.54, 1.807) is 0 Å². The van der Waals surface area contributed by atoms with Crippen LogP contribution in [0.2, 0.25) is 0 Å². The monoisotopic (exact) mass is 395 g/mol. The Morgan fingerprint density at radius 2 is 1.50 bits per heavy atom. The lowest BCUT2D eigenvalue weighted by Gasteiger charge is -2.17. The predicted molar refractivity (Wildman–Crippen MR) is 131 cm³/mol. The predicted octanol–water partition coefficient (Wildman–Crippen LogP) is 6.53. The van der Waals surface area contributed by atoms with Crippen LogP contribution in [0.25, 0.3) is 33.1 Å². The molecule has 3 aromatic carbocycles. The molecule has 0 aliphatic carbocycles. The van der Waals surface area contributed by atoms with Crippen LogP contribution in [0, 0.1) is 5.41 Å². The second kappa shape index (κ2) is 7.75. The Hall–Kier alpha value is -3.46. The Labute approximate surface area is 178 Å². The maximum atomic E-state index is 6.46. The molecule has 4 rings (SSSR count). The van der Waals surface area contributed by atoms with E-state index in [-0.39, 0.29) is 5.41 Å². The zero-order valence-electron chi connectivity index (χ0n) is 18.1. The maximum absolute atomic E-state index is 6.46. The van der Waals surface area contributed by atoms with E-state index in [1.807, 2.05) is 19.3 Å². The maximum Gasteiger partial charge on any atom is 0.0541 e. The van der Waals surface area contributed by atoms with Crippen LogP contribution in [0.5, 0.6) is 0 Å². The van der Waals surface area contributed by atoms with Gasteiger partial charge in [0.05, 0.1) is 11.0 Å². The number of nitrogen functional groups attached to an aromatic ring is 1. The number of fused-ring (bicyclic) bond motifs is 3. The molecule has 4 aromatic rings. The summed E-state index contributed by atoms with van der Waals surface area (Å²) in [5.41, 5.74) is 12.9. The van der Waals surface area contributed by atoms with Gasteiger partial charge in [-0.1, -0.05) is 63.2 Å². The number of aromatic nitrogens is 1. The van der Waals surface area contributed by atoms with E-state index in [9.17, 15) is 0 Å². The minimum Gasteiger partial charge on any atom is -0.398 e. The van der Waals surface area contributed by atoms with Gasteiger partial charge >= 0.3 is 0 Å². The Morgan fingerprint density at radius 3 is 2.07 bits per heavy atom. The highest BCUT2D eigenvalue weighted by atomic mass is 15.0. The Morgan fingerprint density at radius 1 is 0.900 bits per heavy atom. The summed E-state index contributed by atoms with van der Waals surface area (Å²) in [4.78, 5) is 0. The van der Waals surface area contributed by atoms with Gasteiger partial charge < -0.3 is 15.6 Å². The molecule has 3 N–H and O–H groups in total. The van der Waals surface area contributed by atoms with Crippen molar-refractivity contribution in [2.45, 2.75) is 20.8 Å². The van der Waals surface area contributed by atoms with Gasteiger partial charge in [-0.15, -0.1) is 0 Å². The van der Waals surface area contributed by atoms with Crippen LogP contribution < -0.4 is 11.1 Å². The van der Waals surface area contributed by atoms with E-state index in [0.717, 1.165) is 22.5 Å². The Bertz CT molecular complexity index is 1210. The molecule has 0 saturated heterocycles. The number of nitrogens with two attached hydrogens (primary N) is 1. The number of allylic oxidation sites excluding steroid dienone is 3. The molecule has 30 heavy (non-hydrogen) atoms. The van der Waals surface area contributed by atoms with Gasteiger partial charge in [0.1, 0.15) is 0 Å². The van der Waals surface area contributed by atoms with Gasteiger partial charge in [-0.3, -0.25) is 0 Å². The summed E-state index contributed by atoms with van der Waals surface area (Å²) in [5.74, 6) is 0. The molecule has 0 aliphatic heterocycles. The molecule has 0 spiro atoms. The third kappa shape index (κ3) is 3.71. The SMILES string of the molecule is CN/C=C\C(=C/C(C)(C)C)c1cc(-n2c3ccccc3c3ccccc32)ccc1N. The summed E-state index contributed by atoms with van der Waals surface area (Å²) >= 11 is 0. The zero-order valence-corrected chi connectivity index (χ0v) is 18.1. The third-order valence-electron chi connectivity index (χ3n) is 5.20. The molecule has 0 saturated carbocycles. The molecule has 1 heterocycles. The molecule has 0 amide bonds. The van der Waals surface area contributed by atoms with Crippen molar-refractivity contribution < 1.29 is 0 Å². The van der Waals surface area contributed by atoms with E-state index in [1.165, 1.54) is 21.8 Å². The van der Waals surface area contributed by atoms with Gasteiger partial charge in [0.15, 0.2) is 0 Å². The number of para-hydroxylation sites is 2. The molecule has 0 unspecified atom stereocenters. The molecule has 1 aromatic heterocycles. The van der Waals surface area contributed by atoms with Crippen LogP contribution in [0.4, 0.5) is 5.69 Å². The van der Waals surface area contributed by atoms with Gasteiger partial charge in [-0.2, -0.15) is 0 Å². The van der Waals surface area contributed by atoms with E-state index in [4.69, 9.17) is 5.73 Å². The minimum absolute atomic E-state index is 0.0305. The van der Waals surface area contributed by atoms with Crippen molar-refractivity contribution in [2.75, 3.05) is 12.8 Å². The molecule has 0 atom stereocenters. The van der Waals surface area contributed by atoms with Crippen molar-refractivity contribution in [1.29, 1.82) is 0 Å². The van der Waals surface area contributed by atoms with Crippen LogP contribution in [-0.2, 0) is 0 Å². The van der Waals surface area contributed by atoms with Gasteiger partial charge in [-0.05, 0) is 53.6 Å². The lowest BCUT2D eigenvalue weighted by molar-refractivity contribution is 0.546. The fraction of sp³-hybridized carbons (Fsp3) is 0.185. The highest BCUT2D eigenvalue weighted by Crippen LogP contribution is 2.35. The van der Waals surface area contributed by atoms with Crippen LogP contribution in [0.3, 0.4) is 0 Å². The first-order chi connectivity index (χ1) is 14.4. The molecule has 152 valence electrons. The van der Waals surface area contributed by atoms with E-state index in [2.05, 4.69) is 103 Å². The summed E-state index contributed by atoms with van der Waals surface area (Å²) in [6.45, 7) is 6.60. The smallest absolute Gasteiger partial charge is 0.0541 e. The average molecular weight is 396 g/mol. The van der Waals surface area contributed by atoms with Gasteiger partial charge in [0.2, 0.25) is 0 Å². The summed E-state index contributed by atoms with van der Waals surface area (Å²) in [7, 11) is 1.91. The first-order valence-electron chi connectivity index (χ1n) is 10.3. The van der Waals surface area contributed by atoms with Gasteiger partial charge in [0, 0.05) is 34.8 Å². The van der Waals surface area contributed by atoms with E-state index < -0.39 is 0 Å². The highest BCUT2D eigenvalue weighted by Gasteiger charge is 2.15. The minimum atomic E-state index is 0.0305. The number of nitrogens with zero attached hydrogens (tertiary/aromatic N) is 1. The summed E-state index contributed by atoms with van der Waals surface area (Å²) in [6.07, 6.45) is 6.30. The number of rotatable bonds is 4. The topological polar surface area (TPSA) is 43.0 Å². The van der Waals surface area contributed by atoms with Gasteiger partial charge in [0.25, 0.3) is 0 Å². The van der Waals surface area contributed by atoms with Crippen molar-refractivity contribution in [1.82, 2.24) is 9.88 Å². The fourth-order valence-electron chi connectivity index (χ4n) is 3.99. The normalized spacial score (nSPS) is 12.9. The molecular weight excluding hydrogens is 366 g/mol. The van der Waals surface area contributed by atoms with Crippen molar-refractivity contribution >= 4 is 33.1 Å². The Balaban J connectivity index is 1.99. The summed E-state index contributed by atoms with van der Waals surface area (Å²) in [6, 6.07) is 23.4. The molecular formula is C27H29N3. The first kappa shape index (κ1) is 19.8. The number of anilines is 1. The fourth-order valence-corrected chi connectivity index (χ4v) is 3.99. The van der Waals surface area contributed by atoms with E-state index in [0.29, 0.717) is 0 Å². The standard InChI is InChI=1S/C27H29N3/c1-27(2,3)18-19(15-16-29-4)23-17-20(13-14-24(23)28)30-25-11-7-5-9-21(25)22-10-6-8-12-26(22)30/h5-18,29H,28H2,1-4H3/b16-15-,19-18+. The second-order valence-electron chi connectivity index (χ2n) is 8.73. The number of hydrogen-bond acceptors (Lipinski definition) is 2. The van der Waals surface area contributed by atoms with Crippen LogP contribution in [0.1, 0.15) is 26.3 Å². The molecule has 0 bridgehead atoms. The quantitative estimate of drug-likeness (QED) is 0.305. The summed E-state index contributed by atoms with van der Waals surface area (Å²) < 4.78 is 2.32. The van der Waals surface area contributed by atoms with Crippen molar-refractivity contribution in [3.63, 3.8) is 0 Å². The van der Waals surface area contributed by atoms with Crippen LogP contribution in [0.15, 0.2) is 85.1 Å². The van der Waals surface area contributed by atoms with Crippen LogP contribution >= 0.6 is 0 Å². The number of nitrogens with one attached hydrogen (secondary N) is 1. The lowest BCUT2D eigenvalue weighted by Crippen LogP contribution is -2.04. The average Bonchev–Trinajstić information content (AvgIpc) is 3.05. The molecule has 0 radical (unpaired) electrons. The molecule has 0 aliphatic rings. The third-order valence-corrected chi connectivity index (χ3v) is 5.20. The van der Waals surface area contributed by atoms with Crippen molar-refractivity contribution in [3.8, 4) is 5.69 Å². The first-order valence-corrected chi connectivity index (χ1v) is 10.3. The van der Waals surface area contributed by atoms with Gasteiger partial charge in [-0.25, -0.2) is 0 Å². The van der Waals surface area contributed by atoms with E-state index >= 15 is 0 Å². The molecule has 3 nitrogen and oxygen atoms in total. The second-order valence-corrected chi connectivity index (χ2v) is 8.73. The number of hydrogen-bond donors (Lipinski definition) is 2. The number of benzene rings is 3. The van der Waals surface area contributed by atoms with Crippen LogP contribution in [-0.4, -0.2) is 11.6 Å². The summed E-state index contributed by atoms with van der Waals surface area (Å²) in [5, 5.41) is 5.61.